The monoisotopic (exact) mass is 240 g/mol. The number of nitrogens with one attached hydrogen (secondary N) is 1. The number of ether oxygens (including phenoxy) is 1. The van der Waals surface area contributed by atoms with Crippen molar-refractivity contribution >= 4 is 0 Å². The zero-order valence-electron chi connectivity index (χ0n) is 11.2. The molecule has 2 rings (SSSR count). The molecule has 3 nitrogen and oxygen atoms in total. The normalized spacial score (nSPS) is 26.5. The molecule has 0 amide bonds. The minimum Gasteiger partial charge on any atom is -0.374 e. The maximum atomic E-state index is 6.11. The molecule has 1 atom stereocenters. The Bertz CT molecular complexity index is 220. The summed E-state index contributed by atoms with van der Waals surface area (Å²) >= 11 is 0. The van der Waals surface area contributed by atoms with Crippen LogP contribution in [-0.2, 0) is 4.74 Å². The first-order valence-electron chi connectivity index (χ1n) is 7.41. The van der Waals surface area contributed by atoms with Gasteiger partial charge in [0.15, 0.2) is 0 Å². The van der Waals surface area contributed by atoms with Crippen LogP contribution in [-0.4, -0.2) is 18.2 Å². The van der Waals surface area contributed by atoms with Gasteiger partial charge in [-0.15, -0.1) is 0 Å². The Hall–Kier alpha value is -0.120. The third-order valence-electron chi connectivity index (χ3n) is 4.76. The highest BCUT2D eigenvalue weighted by Gasteiger charge is 2.42. The van der Waals surface area contributed by atoms with Gasteiger partial charge in [-0.25, -0.2) is 0 Å². The summed E-state index contributed by atoms with van der Waals surface area (Å²) in [4.78, 5) is 0. The summed E-state index contributed by atoms with van der Waals surface area (Å²) in [7, 11) is 0. The van der Waals surface area contributed by atoms with Gasteiger partial charge in [0.05, 0.1) is 11.6 Å². The summed E-state index contributed by atoms with van der Waals surface area (Å²) in [5.41, 5.74) is 3.11. The van der Waals surface area contributed by atoms with E-state index >= 15 is 0 Å². The molecule has 2 fully saturated rings. The van der Waals surface area contributed by atoms with Crippen LogP contribution in [0.3, 0.4) is 0 Å². The van der Waals surface area contributed by atoms with Crippen LogP contribution in [0.5, 0.6) is 0 Å². The Labute approximate surface area is 105 Å². The lowest BCUT2D eigenvalue weighted by atomic mass is 9.85. The van der Waals surface area contributed by atoms with Crippen LogP contribution in [0.15, 0.2) is 0 Å². The van der Waals surface area contributed by atoms with Gasteiger partial charge in [-0.05, 0) is 32.1 Å². The molecule has 0 aromatic rings. The topological polar surface area (TPSA) is 47.3 Å². The van der Waals surface area contributed by atoms with E-state index in [0.29, 0.717) is 6.04 Å². The van der Waals surface area contributed by atoms with Gasteiger partial charge in [0.2, 0.25) is 0 Å². The molecule has 0 saturated heterocycles. The van der Waals surface area contributed by atoms with Gasteiger partial charge in [-0.1, -0.05) is 38.5 Å². The Kier molecular flexibility index (Phi) is 4.83. The van der Waals surface area contributed by atoms with Crippen molar-refractivity contribution in [2.24, 2.45) is 11.8 Å². The second-order valence-corrected chi connectivity index (χ2v) is 5.81. The van der Waals surface area contributed by atoms with Gasteiger partial charge in [-0.2, -0.15) is 0 Å². The van der Waals surface area contributed by atoms with Gasteiger partial charge >= 0.3 is 0 Å². The molecule has 0 aliphatic heterocycles. The molecular weight excluding hydrogens is 212 g/mol. The van der Waals surface area contributed by atoms with Crippen LogP contribution in [0.25, 0.3) is 0 Å². The quantitative estimate of drug-likeness (QED) is 0.554. The largest absolute Gasteiger partial charge is 0.374 e. The van der Waals surface area contributed by atoms with E-state index in [0.717, 1.165) is 12.5 Å². The third kappa shape index (κ3) is 3.01. The van der Waals surface area contributed by atoms with Gasteiger partial charge < -0.3 is 4.74 Å². The van der Waals surface area contributed by atoms with Crippen LogP contribution in [0.2, 0.25) is 0 Å². The van der Waals surface area contributed by atoms with E-state index in [2.05, 4.69) is 12.3 Å². The molecule has 2 aliphatic carbocycles. The number of hydrogen-bond donors (Lipinski definition) is 2. The summed E-state index contributed by atoms with van der Waals surface area (Å²) in [5, 5.41) is 0. The maximum absolute atomic E-state index is 6.11. The van der Waals surface area contributed by atoms with E-state index in [9.17, 15) is 0 Å². The summed E-state index contributed by atoms with van der Waals surface area (Å²) in [6, 6.07) is 0.355. The smallest absolute Gasteiger partial charge is 0.0848 e. The SMILES string of the molecule is CCOC1(C(CC2CCCC2)NN)CCCC1. The first-order valence-corrected chi connectivity index (χ1v) is 7.41. The van der Waals surface area contributed by atoms with Crippen LogP contribution < -0.4 is 11.3 Å². The van der Waals surface area contributed by atoms with Crippen molar-refractivity contribution in [1.29, 1.82) is 0 Å². The van der Waals surface area contributed by atoms with Crippen molar-refractivity contribution < 1.29 is 4.74 Å². The first-order chi connectivity index (χ1) is 8.30. The highest BCUT2D eigenvalue weighted by molar-refractivity contribution is 4.97. The molecule has 2 aliphatic rings. The van der Waals surface area contributed by atoms with Crippen LogP contribution >= 0.6 is 0 Å². The molecule has 17 heavy (non-hydrogen) atoms. The lowest BCUT2D eigenvalue weighted by Gasteiger charge is -2.38. The number of nitrogens with two attached hydrogens (primary N) is 1. The zero-order chi connectivity index (χ0) is 12.1. The average Bonchev–Trinajstić information content (AvgIpc) is 2.97. The van der Waals surface area contributed by atoms with Gasteiger partial charge in [0.25, 0.3) is 0 Å². The second-order valence-electron chi connectivity index (χ2n) is 5.81. The minimum atomic E-state index is 0.0338. The van der Waals surface area contributed by atoms with Crippen molar-refractivity contribution in [3.05, 3.63) is 0 Å². The summed E-state index contributed by atoms with van der Waals surface area (Å²) in [5.74, 6) is 6.69. The molecular formula is C14H28N2O. The molecule has 2 saturated carbocycles. The minimum absolute atomic E-state index is 0.0338. The van der Waals surface area contributed by atoms with Gasteiger partial charge in [-0.3, -0.25) is 11.3 Å². The molecule has 100 valence electrons. The average molecular weight is 240 g/mol. The summed E-state index contributed by atoms with van der Waals surface area (Å²) < 4.78 is 6.11. The Morgan fingerprint density at radius 3 is 2.41 bits per heavy atom. The maximum Gasteiger partial charge on any atom is 0.0848 e. The molecule has 0 aromatic heterocycles. The van der Waals surface area contributed by atoms with Crippen molar-refractivity contribution in [2.75, 3.05) is 6.61 Å². The van der Waals surface area contributed by atoms with Crippen molar-refractivity contribution in [3.8, 4) is 0 Å². The zero-order valence-corrected chi connectivity index (χ0v) is 11.2. The summed E-state index contributed by atoms with van der Waals surface area (Å²) in [6.07, 6.45) is 11.8. The Morgan fingerprint density at radius 2 is 1.88 bits per heavy atom. The fourth-order valence-electron chi connectivity index (χ4n) is 3.87. The van der Waals surface area contributed by atoms with Gasteiger partial charge in [0, 0.05) is 6.61 Å². The number of hydrogen-bond acceptors (Lipinski definition) is 3. The molecule has 0 heterocycles. The fraction of sp³-hybridized carbons (Fsp3) is 1.00. The van der Waals surface area contributed by atoms with Gasteiger partial charge in [0.1, 0.15) is 0 Å². The molecule has 3 N–H and O–H groups in total. The first kappa shape index (κ1) is 13.3. The Morgan fingerprint density at radius 1 is 1.24 bits per heavy atom. The highest BCUT2D eigenvalue weighted by Crippen LogP contribution is 2.40. The molecule has 0 aromatic carbocycles. The lowest BCUT2D eigenvalue weighted by Crippen LogP contribution is -2.54. The van der Waals surface area contributed by atoms with Crippen LogP contribution in [0, 0.1) is 5.92 Å². The van der Waals surface area contributed by atoms with Crippen molar-refractivity contribution in [1.82, 2.24) is 5.43 Å². The number of rotatable bonds is 6. The standard InChI is InChI=1S/C14H28N2O/c1-2-17-14(9-5-6-10-14)13(16-15)11-12-7-3-4-8-12/h12-13,16H,2-11,15H2,1H3. The van der Waals surface area contributed by atoms with E-state index in [1.165, 1.54) is 57.8 Å². The van der Waals surface area contributed by atoms with Crippen LogP contribution in [0.1, 0.15) is 64.7 Å². The molecule has 0 radical (unpaired) electrons. The van der Waals surface area contributed by atoms with E-state index in [1.807, 2.05) is 0 Å². The van der Waals surface area contributed by atoms with Crippen molar-refractivity contribution in [3.63, 3.8) is 0 Å². The molecule has 0 spiro atoms. The highest BCUT2D eigenvalue weighted by atomic mass is 16.5. The molecule has 0 bridgehead atoms. The van der Waals surface area contributed by atoms with Crippen molar-refractivity contribution in [2.45, 2.75) is 76.4 Å². The fourth-order valence-corrected chi connectivity index (χ4v) is 3.87. The molecule has 3 heteroatoms. The lowest BCUT2D eigenvalue weighted by molar-refractivity contribution is -0.0663. The van der Waals surface area contributed by atoms with E-state index in [4.69, 9.17) is 10.6 Å². The van der Waals surface area contributed by atoms with Crippen LogP contribution in [0.4, 0.5) is 0 Å². The number of hydrazine groups is 1. The predicted octanol–water partition coefficient (Wildman–Crippen LogP) is 2.75. The van der Waals surface area contributed by atoms with E-state index < -0.39 is 0 Å². The third-order valence-corrected chi connectivity index (χ3v) is 4.76. The molecule has 1 unspecified atom stereocenters. The second kappa shape index (κ2) is 6.17. The van der Waals surface area contributed by atoms with E-state index in [-0.39, 0.29) is 5.60 Å². The predicted molar refractivity (Wildman–Crippen MR) is 70.5 cm³/mol. The van der Waals surface area contributed by atoms with E-state index in [1.54, 1.807) is 0 Å². The summed E-state index contributed by atoms with van der Waals surface area (Å²) in [6.45, 7) is 2.91. The Balaban J connectivity index is 1.97.